The SMILES string of the molecule is O=C(CN1C(=O)C2C3C=CC(CC3)C2C1=O)Nc1ncccc1O. The molecule has 2 N–H and O–H groups in total. The van der Waals surface area contributed by atoms with Gasteiger partial charge in [0.25, 0.3) is 0 Å². The number of hydrogen-bond acceptors (Lipinski definition) is 5. The summed E-state index contributed by atoms with van der Waals surface area (Å²) in [5.74, 6) is -1.66. The summed E-state index contributed by atoms with van der Waals surface area (Å²) in [6.07, 6.45) is 7.35. The predicted octanol–water partition coefficient (Wildman–Crippen LogP) is 0.923. The van der Waals surface area contributed by atoms with Crippen molar-refractivity contribution in [1.82, 2.24) is 9.88 Å². The molecule has 1 aromatic heterocycles. The Morgan fingerprint density at radius 1 is 1.21 bits per heavy atom. The zero-order chi connectivity index (χ0) is 16.8. The Hall–Kier alpha value is -2.70. The second kappa shape index (κ2) is 5.43. The van der Waals surface area contributed by atoms with Gasteiger partial charge in [-0.25, -0.2) is 4.98 Å². The van der Waals surface area contributed by atoms with Gasteiger partial charge in [0, 0.05) is 6.20 Å². The lowest BCUT2D eigenvalue weighted by Gasteiger charge is -2.38. The average molecular weight is 327 g/mol. The number of aromatic nitrogens is 1. The molecule has 4 atom stereocenters. The minimum Gasteiger partial charge on any atom is -0.504 e. The number of rotatable bonds is 3. The fourth-order valence-electron chi connectivity index (χ4n) is 4.10. The zero-order valence-corrected chi connectivity index (χ0v) is 12.9. The normalized spacial score (nSPS) is 30.6. The highest BCUT2D eigenvalue weighted by Crippen LogP contribution is 2.49. The highest BCUT2D eigenvalue weighted by atomic mass is 16.3. The first-order chi connectivity index (χ1) is 11.6. The Balaban J connectivity index is 1.49. The minimum absolute atomic E-state index is 0.0146. The molecule has 0 radical (unpaired) electrons. The Labute approximate surface area is 138 Å². The summed E-state index contributed by atoms with van der Waals surface area (Å²) in [5.41, 5.74) is 0. The van der Waals surface area contributed by atoms with E-state index in [1.54, 1.807) is 0 Å². The Morgan fingerprint density at radius 3 is 2.38 bits per heavy atom. The number of allylic oxidation sites excluding steroid dienone is 2. The van der Waals surface area contributed by atoms with Crippen molar-refractivity contribution >= 4 is 23.5 Å². The van der Waals surface area contributed by atoms with Crippen LogP contribution in [0.2, 0.25) is 0 Å². The number of nitrogens with zero attached hydrogens (tertiary/aromatic N) is 2. The van der Waals surface area contributed by atoms with Crippen LogP contribution in [0.4, 0.5) is 5.82 Å². The maximum Gasteiger partial charge on any atom is 0.245 e. The molecule has 7 nitrogen and oxygen atoms in total. The van der Waals surface area contributed by atoms with Crippen LogP contribution in [0.15, 0.2) is 30.5 Å². The molecule has 3 aliphatic carbocycles. The number of carbonyl (C=O) groups excluding carboxylic acids is 3. The van der Waals surface area contributed by atoms with Crippen molar-refractivity contribution in [2.45, 2.75) is 12.8 Å². The molecule has 2 fully saturated rings. The molecule has 5 rings (SSSR count). The molecule has 24 heavy (non-hydrogen) atoms. The molecule has 0 aromatic carbocycles. The van der Waals surface area contributed by atoms with Crippen LogP contribution in [0.5, 0.6) is 5.75 Å². The summed E-state index contributed by atoms with van der Waals surface area (Å²) in [7, 11) is 0. The van der Waals surface area contributed by atoms with E-state index in [-0.39, 0.29) is 53.6 Å². The van der Waals surface area contributed by atoms with Gasteiger partial charge in [-0.15, -0.1) is 0 Å². The van der Waals surface area contributed by atoms with Crippen LogP contribution in [0.25, 0.3) is 0 Å². The van der Waals surface area contributed by atoms with Crippen molar-refractivity contribution in [3.63, 3.8) is 0 Å². The van der Waals surface area contributed by atoms with Gasteiger partial charge in [0.15, 0.2) is 11.6 Å². The van der Waals surface area contributed by atoms with Crippen molar-refractivity contribution in [1.29, 1.82) is 0 Å². The van der Waals surface area contributed by atoms with Crippen molar-refractivity contribution in [3.05, 3.63) is 30.5 Å². The van der Waals surface area contributed by atoms with Gasteiger partial charge in [-0.2, -0.15) is 0 Å². The average Bonchev–Trinajstić information content (AvgIpc) is 2.85. The first-order valence-corrected chi connectivity index (χ1v) is 8.03. The third-order valence-corrected chi connectivity index (χ3v) is 5.20. The van der Waals surface area contributed by atoms with Crippen LogP contribution in [0, 0.1) is 23.7 Å². The topological polar surface area (TPSA) is 99.6 Å². The quantitative estimate of drug-likeness (QED) is 0.635. The molecule has 1 saturated carbocycles. The third-order valence-electron chi connectivity index (χ3n) is 5.20. The maximum absolute atomic E-state index is 12.6. The van der Waals surface area contributed by atoms with E-state index in [9.17, 15) is 19.5 Å². The van der Waals surface area contributed by atoms with Crippen molar-refractivity contribution < 1.29 is 19.5 Å². The summed E-state index contributed by atoms with van der Waals surface area (Å²) >= 11 is 0. The molecule has 2 bridgehead atoms. The van der Waals surface area contributed by atoms with Gasteiger partial charge in [0.1, 0.15) is 6.54 Å². The monoisotopic (exact) mass is 327 g/mol. The van der Waals surface area contributed by atoms with E-state index in [2.05, 4.69) is 10.3 Å². The van der Waals surface area contributed by atoms with Crippen LogP contribution >= 0.6 is 0 Å². The van der Waals surface area contributed by atoms with Crippen LogP contribution in [0.1, 0.15) is 12.8 Å². The molecule has 1 saturated heterocycles. The minimum atomic E-state index is -0.551. The van der Waals surface area contributed by atoms with Crippen LogP contribution < -0.4 is 5.32 Å². The molecule has 1 aromatic rings. The standard InChI is InChI=1S/C17H17N3O4/c21-11-2-1-7-18-15(11)19-12(22)8-20-16(23)13-9-3-4-10(6-5-9)14(13)17(20)24/h1-4,7,9-10,13-14,21H,5-6,8H2,(H,18,19,22). The molecule has 7 heteroatoms. The number of aromatic hydroxyl groups is 1. The Kier molecular flexibility index (Phi) is 3.37. The summed E-state index contributed by atoms with van der Waals surface area (Å²) in [6, 6.07) is 2.93. The summed E-state index contributed by atoms with van der Waals surface area (Å²) in [6.45, 7) is -0.347. The molecular formula is C17H17N3O4. The predicted molar refractivity (Wildman–Crippen MR) is 83.6 cm³/mol. The number of carbonyl (C=O) groups is 3. The summed E-state index contributed by atoms with van der Waals surface area (Å²) in [4.78, 5) is 42.3. The fourth-order valence-corrected chi connectivity index (χ4v) is 4.10. The third kappa shape index (κ3) is 2.19. The fraction of sp³-hybridized carbons (Fsp3) is 0.412. The van der Waals surface area contributed by atoms with E-state index in [1.807, 2.05) is 12.2 Å². The summed E-state index contributed by atoms with van der Waals surface area (Å²) < 4.78 is 0. The first-order valence-electron chi connectivity index (χ1n) is 8.03. The lowest BCUT2D eigenvalue weighted by molar-refractivity contribution is -0.142. The maximum atomic E-state index is 12.6. The van der Waals surface area contributed by atoms with E-state index >= 15 is 0 Å². The second-order valence-corrected chi connectivity index (χ2v) is 6.52. The van der Waals surface area contributed by atoms with Gasteiger partial charge in [-0.05, 0) is 36.8 Å². The lowest BCUT2D eigenvalue weighted by atomic mass is 9.63. The van der Waals surface area contributed by atoms with Gasteiger partial charge >= 0.3 is 0 Å². The number of fused-ring (bicyclic) bond motifs is 1. The van der Waals surface area contributed by atoms with Crippen molar-refractivity contribution in [2.75, 3.05) is 11.9 Å². The van der Waals surface area contributed by atoms with E-state index in [4.69, 9.17) is 0 Å². The number of nitrogens with one attached hydrogen (secondary N) is 1. The largest absolute Gasteiger partial charge is 0.504 e. The Bertz CT molecular complexity index is 728. The Morgan fingerprint density at radius 2 is 1.83 bits per heavy atom. The number of pyridine rings is 1. The molecule has 0 spiro atoms. The van der Waals surface area contributed by atoms with Crippen LogP contribution in [0.3, 0.4) is 0 Å². The van der Waals surface area contributed by atoms with Gasteiger partial charge in [0.05, 0.1) is 11.8 Å². The van der Waals surface area contributed by atoms with E-state index in [1.165, 1.54) is 18.3 Å². The molecule has 1 aliphatic heterocycles. The highest BCUT2D eigenvalue weighted by Gasteiger charge is 2.56. The van der Waals surface area contributed by atoms with E-state index in [0.29, 0.717) is 0 Å². The number of hydrogen-bond donors (Lipinski definition) is 2. The van der Waals surface area contributed by atoms with Crippen LogP contribution in [-0.2, 0) is 14.4 Å². The van der Waals surface area contributed by atoms with Gasteiger partial charge in [-0.1, -0.05) is 12.2 Å². The molecule has 2 heterocycles. The van der Waals surface area contributed by atoms with Crippen molar-refractivity contribution in [3.8, 4) is 5.75 Å². The summed E-state index contributed by atoms with van der Waals surface area (Å²) in [5, 5.41) is 12.1. The molecular weight excluding hydrogens is 310 g/mol. The number of likely N-dealkylation sites (tertiary alicyclic amines) is 1. The van der Waals surface area contributed by atoms with Crippen LogP contribution in [-0.4, -0.2) is 39.3 Å². The van der Waals surface area contributed by atoms with Gasteiger partial charge < -0.3 is 10.4 Å². The molecule has 4 aliphatic rings. The van der Waals surface area contributed by atoms with Gasteiger partial charge in [-0.3, -0.25) is 19.3 Å². The number of amides is 3. The molecule has 124 valence electrons. The zero-order valence-electron chi connectivity index (χ0n) is 12.9. The first kappa shape index (κ1) is 14.9. The van der Waals surface area contributed by atoms with Crippen molar-refractivity contribution in [2.24, 2.45) is 23.7 Å². The lowest BCUT2D eigenvalue weighted by Crippen LogP contribution is -2.38. The number of anilines is 1. The van der Waals surface area contributed by atoms with E-state index < -0.39 is 5.91 Å². The van der Waals surface area contributed by atoms with E-state index in [0.717, 1.165) is 17.7 Å². The molecule has 3 amide bonds. The van der Waals surface area contributed by atoms with Gasteiger partial charge in [0.2, 0.25) is 17.7 Å². The number of imide groups is 1. The molecule has 4 unspecified atom stereocenters. The smallest absolute Gasteiger partial charge is 0.245 e. The second-order valence-electron chi connectivity index (χ2n) is 6.52. The highest BCUT2D eigenvalue weighted by molar-refractivity contribution is 6.09.